The quantitative estimate of drug-likeness (QED) is 0.528. The Hall–Kier alpha value is -0.500. The summed E-state index contributed by atoms with van der Waals surface area (Å²) in [6, 6.07) is 0. The van der Waals surface area contributed by atoms with Crippen LogP contribution >= 0.6 is 0 Å². The maximum Gasteiger partial charge on any atom is 0.0943 e. The smallest absolute Gasteiger partial charge is 0.0943 e. The first kappa shape index (κ1) is 6.62. The summed E-state index contributed by atoms with van der Waals surface area (Å²) in [4.78, 5) is 0. The van der Waals surface area contributed by atoms with Crippen molar-refractivity contribution in [2.24, 2.45) is 0 Å². The van der Waals surface area contributed by atoms with Gasteiger partial charge in [0.15, 0.2) is 0 Å². The monoisotopic (exact) mass is 128 g/mol. The third-order valence-corrected chi connectivity index (χ3v) is 1.77. The Morgan fingerprint density at radius 1 is 1.56 bits per heavy atom. The van der Waals surface area contributed by atoms with Gasteiger partial charge in [0.25, 0.3) is 0 Å². The van der Waals surface area contributed by atoms with E-state index in [4.69, 9.17) is 4.74 Å². The first-order valence-corrected chi connectivity index (χ1v) is 3.20. The minimum absolute atomic E-state index is 0.265. The molecular formula is C7H12O2. The molecule has 0 saturated heterocycles. The largest absolute Gasteiger partial charge is 0.498 e. The fraction of sp³-hybridized carbons (Fsp3) is 0.714. The van der Waals surface area contributed by atoms with E-state index < -0.39 is 0 Å². The molecule has 52 valence electrons. The standard InChI is InChI=1S/C7H12O2/c1-5-6(2)9-4-3-7(5)8/h7-8H,3-4H2,1-2H3. The molecule has 1 atom stereocenters. The summed E-state index contributed by atoms with van der Waals surface area (Å²) in [5, 5.41) is 9.21. The lowest BCUT2D eigenvalue weighted by molar-refractivity contribution is 0.102. The van der Waals surface area contributed by atoms with E-state index in [1.54, 1.807) is 0 Å². The molecule has 0 spiro atoms. The van der Waals surface area contributed by atoms with E-state index in [1.807, 2.05) is 13.8 Å². The molecule has 1 N–H and O–H groups in total. The van der Waals surface area contributed by atoms with Crippen LogP contribution in [0.4, 0.5) is 0 Å². The van der Waals surface area contributed by atoms with Crippen molar-refractivity contribution < 1.29 is 9.84 Å². The molecule has 1 heterocycles. The fourth-order valence-electron chi connectivity index (χ4n) is 0.889. The Labute approximate surface area is 55.1 Å². The second-order valence-corrected chi connectivity index (χ2v) is 2.39. The summed E-state index contributed by atoms with van der Waals surface area (Å²) in [6.07, 6.45) is 0.474. The van der Waals surface area contributed by atoms with Gasteiger partial charge in [0.05, 0.1) is 18.5 Å². The zero-order valence-electron chi connectivity index (χ0n) is 5.85. The van der Waals surface area contributed by atoms with Gasteiger partial charge in [-0.3, -0.25) is 0 Å². The van der Waals surface area contributed by atoms with Gasteiger partial charge in [0.2, 0.25) is 0 Å². The predicted octanol–water partition coefficient (Wildman–Crippen LogP) is 1.06. The van der Waals surface area contributed by atoms with Crippen LogP contribution in [0.2, 0.25) is 0 Å². The van der Waals surface area contributed by atoms with Crippen molar-refractivity contribution in [1.29, 1.82) is 0 Å². The average Bonchev–Trinajstić information content (AvgIpc) is 1.83. The molecule has 1 unspecified atom stereocenters. The third kappa shape index (κ3) is 1.24. The normalized spacial score (nSPS) is 28.1. The molecule has 1 rings (SSSR count). The Morgan fingerprint density at radius 3 is 2.67 bits per heavy atom. The number of allylic oxidation sites excluding steroid dienone is 1. The zero-order valence-corrected chi connectivity index (χ0v) is 5.85. The molecule has 0 fully saturated rings. The topological polar surface area (TPSA) is 29.5 Å². The average molecular weight is 128 g/mol. The molecule has 9 heavy (non-hydrogen) atoms. The van der Waals surface area contributed by atoms with Crippen LogP contribution in [-0.4, -0.2) is 17.8 Å². The summed E-state index contributed by atoms with van der Waals surface area (Å²) in [5.41, 5.74) is 0.973. The first-order valence-electron chi connectivity index (χ1n) is 3.20. The van der Waals surface area contributed by atoms with Crippen molar-refractivity contribution in [1.82, 2.24) is 0 Å². The van der Waals surface area contributed by atoms with Crippen LogP contribution in [0.25, 0.3) is 0 Å². The highest BCUT2D eigenvalue weighted by Gasteiger charge is 2.14. The summed E-state index contributed by atoms with van der Waals surface area (Å²) in [6.45, 7) is 4.45. The number of aliphatic hydroxyl groups excluding tert-OH is 1. The van der Waals surface area contributed by atoms with Gasteiger partial charge in [-0.25, -0.2) is 0 Å². The van der Waals surface area contributed by atoms with Gasteiger partial charge in [-0.05, 0) is 19.4 Å². The second kappa shape index (κ2) is 2.40. The zero-order chi connectivity index (χ0) is 6.85. The molecule has 0 radical (unpaired) electrons. The molecule has 0 aromatic heterocycles. The molecule has 1 aliphatic heterocycles. The Bertz CT molecular complexity index is 138. The van der Waals surface area contributed by atoms with Crippen molar-refractivity contribution >= 4 is 0 Å². The Balaban J connectivity index is 2.72. The number of rotatable bonds is 0. The van der Waals surface area contributed by atoms with Crippen LogP contribution in [0.1, 0.15) is 20.3 Å². The van der Waals surface area contributed by atoms with Crippen molar-refractivity contribution in [3.63, 3.8) is 0 Å². The minimum Gasteiger partial charge on any atom is -0.498 e. The fourth-order valence-corrected chi connectivity index (χ4v) is 0.889. The van der Waals surface area contributed by atoms with Crippen LogP contribution in [0.3, 0.4) is 0 Å². The maximum absolute atomic E-state index is 9.21. The second-order valence-electron chi connectivity index (χ2n) is 2.39. The van der Waals surface area contributed by atoms with Gasteiger partial charge < -0.3 is 9.84 Å². The molecule has 0 saturated carbocycles. The minimum atomic E-state index is -0.265. The van der Waals surface area contributed by atoms with Gasteiger partial charge >= 0.3 is 0 Å². The van der Waals surface area contributed by atoms with Crippen molar-refractivity contribution in [2.75, 3.05) is 6.61 Å². The van der Waals surface area contributed by atoms with Crippen LogP contribution in [0.15, 0.2) is 11.3 Å². The van der Waals surface area contributed by atoms with Gasteiger partial charge in [0, 0.05) is 6.42 Å². The van der Waals surface area contributed by atoms with Gasteiger partial charge in [-0.15, -0.1) is 0 Å². The number of hydrogen-bond donors (Lipinski definition) is 1. The van der Waals surface area contributed by atoms with Gasteiger partial charge in [-0.1, -0.05) is 0 Å². The molecule has 2 heteroatoms. The Kier molecular flexibility index (Phi) is 1.76. The molecule has 0 aliphatic carbocycles. The Morgan fingerprint density at radius 2 is 2.22 bits per heavy atom. The van der Waals surface area contributed by atoms with Crippen molar-refractivity contribution in [3.8, 4) is 0 Å². The summed E-state index contributed by atoms with van der Waals surface area (Å²) >= 11 is 0. The SMILES string of the molecule is CC1=C(C)C(O)CCO1. The van der Waals surface area contributed by atoms with Crippen molar-refractivity contribution in [3.05, 3.63) is 11.3 Å². The van der Waals surface area contributed by atoms with Crippen molar-refractivity contribution in [2.45, 2.75) is 26.4 Å². The van der Waals surface area contributed by atoms with Crippen LogP contribution < -0.4 is 0 Å². The van der Waals surface area contributed by atoms with E-state index in [0.717, 1.165) is 17.8 Å². The lowest BCUT2D eigenvalue weighted by Crippen LogP contribution is -2.18. The number of ether oxygens (including phenoxy) is 1. The number of aliphatic hydroxyl groups is 1. The molecule has 1 aliphatic rings. The van der Waals surface area contributed by atoms with Crippen LogP contribution in [0, 0.1) is 0 Å². The first-order chi connectivity index (χ1) is 4.22. The third-order valence-electron chi connectivity index (χ3n) is 1.77. The lowest BCUT2D eigenvalue weighted by Gasteiger charge is -2.20. The lowest BCUT2D eigenvalue weighted by atomic mass is 10.1. The predicted molar refractivity (Wildman–Crippen MR) is 34.9 cm³/mol. The summed E-state index contributed by atoms with van der Waals surface area (Å²) in [7, 11) is 0. The molecule has 0 aromatic carbocycles. The molecule has 0 amide bonds. The van der Waals surface area contributed by atoms with Crippen LogP contribution in [0.5, 0.6) is 0 Å². The highest BCUT2D eigenvalue weighted by Crippen LogP contribution is 2.17. The van der Waals surface area contributed by atoms with Gasteiger partial charge in [-0.2, -0.15) is 0 Å². The molecule has 2 nitrogen and oxygen atoms in total. The molecule has 0 aromatic rings. The molecular weight excluding hydrogens is 116 g/mol. The molecule has 0 bridgehead atoms. The van der Waals surface area contributed by atoms with E-state index >= 15 is 0 Å². The number of hydrogen-bond acceptors (Lipinski definition) is 2. The maximum atomic E-state index is 9.21. The van der Waals surface area contributed by atoms with Crippen LogP contribution in [-0.2, 0) is 4.74 Å². The van der Waals surface area contributed by atoms with E-state index in [1.165, 1.54) is 0 Å². The summed E-state index contributed by atoms with van der Waals surface area (Å²) in [5.74, 6) is 0.883. The van der Waals surface area contributed by atoms with E-state index in [9.17, 15) is 5.11 Å². The van der Waals surface area contributed by atoms with E-state index in [2.05, 4.69) is 0 Å². The summed E-state index contributed by atoms with van der Waals surface area (Å²) < 4.78 is 5.18. The highest BCUT2D eigenvalue weighted by molar-refractivity contribution is 5.10. The van der Waals surface area contributed by atoms with E-state index in [-0.39, 0.29) is 6.10 Å². The van der Waals surface area contributed by atoms with Gasteiger partial charge in [0.1, 0.15) is 0 Å². The highest BCUT2D eigenvalue weighted by atomic mass is 16.5. The van der Waals surface area contributed by atoms with E-state index in [0.29, 0.717) is 6.61 Å².